The van der Waals surface area contributed by atoms with Gasteiger partial charge in [0.15, 0.2) is 0 Å². The van der Waals surface area contributed by atoms with Crippen LogP contribution < -0.4 is 4.72 Å². The van der Waals surface area contributed by atoms with Crippen molar-refractivity contribution in [2.45, 2.75) is 47.8 Å². The van der Waals surface area contributed by atoms with Gasteiger partial charge in [-0.05, 0) is 49.9 Å². The summed E-state index contributed by atoms with van der Waals surface area (Å²) < 4.78 is 29.6. The molecule has 0 aliphatic heterocycles. The monoisotopic (exact) mass is 492 g/mol. The van der Waals surface area contributed by atoms with Crippen LogP contribution in [0.5, 0.6) is 5.75 Å². The molecule has 3 N–H and O–H groups in total. The standard InChI is InChI=1S/C25H24N4O3S2/c1-3-19-25(15(2)27-28-19)34(31,32)29-20-14-22(24(30)18-11-5-4-10-17(18)20)33-21-12-6-8-16-9-7-13-26-23(16)21/h5-9,11-14,29-30H,3-4,10H2,1-2H3,(H,27,28). The summed E-state index contributed by atoms with van der Waals surface area (Å²) in [4.78, 5) is 6.11. The van der Waals surface area contributed by atoms with Crippen molar-refractivity contribution in [1.82, 2.24) is 15.2 Å². The van der Waals surface area contributed by atoms with Crippen LogP contribution in [-0.2, 0) is 22.9 Å². The number of nitrogens with one attached hydrogen (secondary N) is 2. The van der Waals surface area contributed by atoms with Gasteiger partial charge >= 0.3 is 0 Å². The molecule has 2 aromatic carbocycles. The average Bonchev–Trinajstić information content (AvgIpc) is 3.23. The maximum Gasteiger partial charge on any atom is 0.265 e. The molecule has 0 unspecified atom stereocenters. The van der Waals surface area contributed by atoms with Gasteiger partial charge in [0.2, 0.25) is 0 Å². The van der Waals surface area contributed by atoms with Crippen LogP contribution in [0.25, 0.3) is 17.0 Å². The Balaban J connectivity index is 1.62. The number of pyridine rings is 1. The molecule has 2 heterocycles. The molecular weight excluding hydrogens is 468 g/mol. The van der Waals surface area contributed by atoms with E-state index in [4.69, 9.17) is 0 Å². The summed E-state index contributed by atoms with van der Waals surface area (Å²) in [6, 6.07) is 11.5. The Morgan fingerprint density at radius 2 is 2.03 bits per heavy atom. The van der Waals surface area contributed by atoms with Crippen molar-refractivity contribution in [3.05, 3.63) is 71.2 Å². The second-order valence-electron chi connectivity index (χ2n) is 8.12. The lowest BCUT2D eigenvalue weighted by Crippen LogP contribution is -2.17. The molecule has 34 heavy (non-hydrogen) atoms. The van der Waals surface area contributed by atoms with Crippen LogP contribution in [0.2, 0.25) is 0 Å². The summed E-state index contributed by atoms with van der Waals surface area (Å²) in [6.45, 7) is 3.57. The third kappa shape index (κ3) is 3.95. The van der Waals surface area contributed by atoms with Gasteiger partial charge in [-0.25, -0.2) is 8.42 Å². The van der Waals surface area contributed by atoms with Gasteiger partial charge < -0.3 is 5.11 Å². The molecule has 0 amide bonds. The zero-order valence-corrected chi connectivity index (χ0v) is 20.4. The van der Waals surface area contributed by atoms with Gasteiger partial charge in [-0.2, -0.15) is 5.10 Å². The van der Waals surface area contributed by atoms with Crippen LogP contribution in [0.3, 0.4) is 0 Å². The second kappa shape index (κ2) is 8.81. The Morgan fingerprint density at radius 1 is 1.21 bits per heavy atom. The highest BCUT2D eigenvalue weighted by Gasteiger charge is 2.27. The number of sulfonamides is 1. The normalized spacial score (nSPS) is 13.2. The van der Waals surface area contributed by atoms with Crippen LogP contribution in [0, 0.1) is 6.92 Å². The van der Waals surface area contributed by atoms with E-state index in [1.54, 1.807) is 19.2 Å². The van der Waals surface area contributed by atoms with E-state index in [1.165, 1.54) is 11.8 Å². The number of H-pyrrole nitrogens is 1. The third-order valence-corrected chi connectivity index (χ3v) is 8.53. The van der Waals surface area contributed by atoms with Crippen molar-refractivity contribution in [3.8, 4) is 5.75 Å². The first-order chi connectivity index (χ1) is 16.4. The largest absolute Gasteiger partial charge is 0.506 e. The zero-order valence-electron chi connectivity index (χ0n) is 18.8. The number of aromatic nitrogens is 3. The number of fused-ring (bicyclic) bond motifs is 2. The van der Waals surface area contributed by atoms with Gasteiger partial charge in [-0.1, -0.05) is 49.0 Å². The topological polar surface area (TPSA) is 108 Å². The molecule has 2 aromatic heterocycles. The van der Waals surface area contributed by atoms with Crippen LogP contribution in [0.1, 0.15) is 35.9 Å². The maximum absolute atomic E-state index is 13.4. The summed E-state index contributed by atoms with van der Waals surface area (Å²) in [6.07, 6.45) is 7.47. The van der Waals surface area contributed by atoms with Crippen molar-refractivity contribution in [3.63, 3.8) is 0 Å². The molecular formula is C25H24N4O3S2. The first-order valence-electron chi connectivity index (χ1n) is 11.0. The van der Waals surface area contributed by atoms with Crippen molar-refractivity contribution in [2.75, 3.05) is 4.72 Å². The molecule has 1 aliphatic rings. The fraction of sp³-hybridized carbons (Fsp3) is 0.200. The van der Waals surface area contributed by atoms with Gasteiger partial charge in [0.25, 0.3) is 10.0 Å². The van der Waals surface area contributed by atoms with E-state index >= 15 is 0 Å². The molecule has 0 spiro atoms. The third-order valence-electron chi connectivity index (χ3n) is 5.88. The predicted octanol–water partition coefficient (Wildman–Crippen LogP) is 5.45. The Labute approximate surface area is 202 Å². The molecule has 7 nitrogen and oxygen atoms in total. The molecule has 4 aromatic rings. The van der Waals surface area contributed by atoms with E-state index < -0.39 is 10.0 Å². The average molecular weight is 493 g/mol. The smallest absolute Gasteiger partial charge is 0.265 e. The minimum Gasteiger partial charge on any atom is -0.506 e. The fourth-order valence-electron chi connectivity index (χ4n) is 4.29. The van der Waals surface area contributed by atoms with E-state index in [1.807, 2.05) is 49.4 Å². The summed E-state index contributed by atoms with van der Waals surface area (Å²) in [5, 5.41) is 19.0. The number of nitrogens with zero attached hydrogens (tertiary/aromatic N) is 2. The van der Waals surface area contributed by atoms with Gasteiger partial charge in [0, 0.05) is 22.0 Å². The summed E-state index contributed by atoms with van der Waals surface area (Å²) in [5.41, 5.74) is 3.70. The van der Waals surface area contributed by atoms with E-state index in [0.29, 0.717) is 40.4 Å². The van der Waals surface area contributed by atoms with E-state index in [9.17, 15) is 13.5 Å². The number of benzene rings is 2. The highest BCUT2D eigenvalue weighted by atomic mass is 32.2. The summed E-state index contributed by atoms with van der Waals surface area (Å²) in [5.74, 6) is 0.139. The molecule has 0 saturated carbocycles. The Morgan fingerprint density at radius 3 is 2.85 bits per heavy atom. The van der Waals surface area contributed by atoms with Crippen molar-refractivity contribution >= 4 is 44.5 Å². The maximum atomic E-state index is 13.4. The van der Waals surface area contributed by atoms with Gasteiger partial charge in [0.1, 0.15) is 10.6 Å². The first-order valence-corrected chi connectivity index (χ1v) is 13.3. The number of aromatic hydroxyl groups is 1. The number of rotatable bonds is 6. The number of hydrogen-bond acceptors (Lipinski definition) is 6. The Kier molecular flexibility index (Phi) is 5.83. The lowest BCUT2D eigenvalue weighted by molar-refractivity contribution is 0.460. The number of hydrogen-bond donors (Lipinski definition) is 3. The number of para-hydroxylation sites is 1. The first kappa shape index (κ1) is 22.5. The van der Waals surface area contributed by atoms with E-state index in [-0.39, 0.29) is 10.6 Å². The minimum atomic E-state index is -3.89. The molecule has 0 saturated heterocycles. The zero-order chi connectivity index (χ0) is 23.9. The Bertz CT molecular complexity index is 1540. The molecule has 5 rings (SSSR count). The summed E-state index contributed by atoms with van der Waals surface area (Å²) in [7, 11) is -3.89. The van der Waals surface area contributed by atoms with Gasteiger partial charge in [-0.3, -0.25) is 14.8 Å². The lowest BCUT2D eigenvalue weighted by atomic mass is 9.95. The van der Waals surface area contributed by atoms with Crippen LogP contribution in [0.15, 0.2) is 63.4 Å². The molecule has 0 atom stereocenters. The predicted molar refractivity (Wildman–Crippen MR) is 135 cm³/mol. The van der Waals surface area contributed by atoms with Crippen LogP contribution in [0.4, 0.5) is 5.69 Å². The number of aryl methyl sites for hydroxylation is 2. The molecule has 174 valence electrons. The summed E-state index contributed by atoms with van der Waals surface area (Å²) >= 11 is 1.37. The van der Waals surface area contributed by atoms with Crippen LogP contribution in [-0.4, -0.2) is 28.7 Å². The van der Waals surface area contributed by atoms with Crippen LogP contribution >= 0.6 is 11.8 Å². The highest BCUT2D eigenvalue weighted by Crippen LogP contribution is 2.45. The molecule has 9 heteroatoms. The second-order valence-corrected chi connectivity index (χ2v) is 10.8. The number of allylic oxidation sites excluding steroid dienone is 1. The van der Waals surface area contributed by atoms with Crippen molar-refractivity contribution < 1.29 is 13.5 Å². The van der Waals surface area contributed by atoms with Gasteiger partial charge in [0.05, 0.1) is 27.5 Å². The number of anilines is 1. The Hall–Kier alpha value is -3.30. The molecule has 1 aliphatic carbocycles. The molecule has 0 bridgehead atoms. The SMILES string of the molecule is CCc1n[nH]c(C)c1S(=O)(=O)Nc1cc(Sc2cccc3cccnc23)c(O)c2c1CCC=C2. The fourth-order valence-corrected chi connectivity index (χ4v) is 6.85. The van der Waals surface area contributed by atoms with Crippen molar-refractivity contribution in [1.29, 1.82) is 0 Å². The minimum absolute atomic E-state index is 0.139. The quantitative estimate of drug-likeness (QED) is 0.309. The highest BCUT2D eigenvalue weighted by molar-refractivity contribution is 7.99. The van der Waals surface area contributed by atoms with Gasteiger partial charge in [-0.15, -0.1) is 0 Å². The lowest BCUT2D eigenvalue weighted by Gasteiger charge is -2.21. The number of phenolic OH excluding ortho intramolecular Hbond substituents is 1. The van der Waals surface area contributed by atoms with E-state index in [2.05, 4.69) is 19.9 Å². The molecule has 0 radical (unpaired) electrons. The van der Waals surface area contributed by atoms with E-state index in [0.717, 1.165) is 27.8 Å². The number of phenols is 1. The number of aromatic amines is 1. The molecule has 0 fully saturated rings. The van der Waals surface area contributed by atoms with Crippen molar-refractivity contribution in [2.24, 2.45) is 0 Å².